The first-order valence-electron chi connectivity index (χ1n) is 7.64. The maximum atomic E-state index is 5.51. The average molecular weight is 313 g/mol. The molecule has 2 rings (SSSR count). The first kappa shape index (κ1) is 16.7. The van der Waals surface area contributed by atoms with Gasteiger partial charge in [-0.1, -0.05) is 13.8 Å². The quantitative estimate of drug-likeness (QED) is 0.836. The van der Waals surface area contributed by atoms with Gasteiger partial charge in [0.2, 0.25) is 0 Å². The maximum Gasteiger partial charge on any atom is 0.186 e. The van der Waals surface area contributed by atoms with Gasteiger partial charge in [0.1, 0.15) is 0 Å². The lowest BCUT2D eigenvalue weighted by atomic mass is 10.2. The van der Waals surface area contributed by atoms with Gasteiger partial charge in [-0.25, -0.2) is 4.98 Å². The van der Waals surface area contributed by atoms with Crippen molar-refractivity contribution in [2.24, 2.45) is 5.92 Å². The Balaban J connectivity index is 2.08. The number of rotatable bonds is 7. The fourth-order valence-electron chi connectivity index (χ4n) is 2.37. The SMILES string of the molecule is COCc1nc(N2CCOCC2C)sc1CNCC(C)C. The van der Waals surface area contributed by atoms with Gasteiger partial charge in [-0.05, 0) is 19.4 Å². The monoisotopic (exact) mass is 313 g/mol. The van der Waals surface area contributed by atoms with E-state index in [0.29, 0.717) is 18.6 Å². The zero-order valence-corrected chi connectivity index (χ0v) is 14.3. The summed E-state index contributed by atoms with van der Waals surface area (Å²) in [5, 5.41) is 4.60. The van der Waals surface area contributed by atoms with Gasteiger partial charge in [-0.2, -0.15) is 0 Å². The van der Waals surface area contributed by atoms with Gasteiger partial charge in [0, 0.05) is 25.1 Å². The highest BCUT2D eigenvalue weighted by molar-refractivity contribution is 7.15. The minimum atomic E-state index is 0.386. The summed E-state index contributed by atoms with van der Waals surface area (Å²) in [4.78, 5) is 8.43. The number of aromatic nitrogens is 1. The average Bonchev–Trinajstić information content (AvgIpc) is 2.82. The van der Waals surface area contributed by atoms with Crippen molar-refractivity contribution in [3.63, 3.8) is 0 Å². The third kappa shape index (κ3) is 4.64. The topological polar surface area (TPSA) is 46.6 Å². The van der Waals surface area contributed by atoms with Crippen molar-refractivity contribution in [3.05, 3.63) is 10.6 Å². The zero-order chi connectivity index (χ0) is 15.2. The molecule has 1 N–H and O–H groups in total. The first-order valence-corrected chi connectivity index (χ1v) is 8.46. The number of hydrogen-bond acceptors (Lipinski definition) is 6. The highest BCUT2D eigenvalue weighted by Gasteiger charge is 2.23. The van der Waals surface area contributed by atoms with Gasteiger partial charge in [0.25, 0.3) is 0 Å². The van der Waals surface area contributed by atoms with Crippen LogP contribution in [0.1, 0.15) is 31.3 Å². The van der Waals surface area contributed by atoms with Crippen LogP contribution in [0.5, 0.6) is 0 Å². The molecule has 0 saturated carbocycles. The van der Waals surface area contributed by atoms with Gasteiger partial charge in [-0.3, -0.25) is 0 Å². The molecule has 1 aliphatic rings. The van der Waals surface area contributed by atoms with Crippen LogP contribution in [0.15, 0.2) is 0 Å². The molecular weight excluding hydrogens is 286 g/mol. The van der Waals surface area contributed by atoms with Crippen molar-refractivity contribution >= 4 is 16.5 Å². The van der Waals surface area contributed by atoms with E-state index < -0.39 is 0 Å². The predicted molar refractivity (Wildman–Crippen MR) is 87.0 cm³/mol. The van der Waals surface area contributed by atoms with E-state index in [1.54, 1.807) is 18.4 Å². The Morgan fingerprint density at radius 3 is 3.00 bits per heavy atom. The second-order valence-corrected chi connectivity index (χ2v) is 7.00. The van der Waals surface area contributed by atoms with Gasteiger partial charge in [0.15, 0.2) is 5.13 Å². The Hall–Kier alpha value is -0.690. The number of anilines is 1. The van der Waals surface area contributed by atoms with Crippen molar-refractivity contribution in [1.82, 2.24) is 10.3 Å². The minimum Gasteiger partial charge on any atom is -0.378 e. The second-order valence-electron chi connectivity index (χ2n) is 5.94. The summed E-state index contributed by atoms with van der Waals surface area (Å²) in [5.74, 6) is 0.655. The van der Waals surface area contributed by atoms with Crippen LogP contribution in [0.25, 0.3) is 0 Å². The summed E-state index contributed by atoms with van der Waals surface area (Å²) in [6.07, 6.45) is 0. The lowest BCUT2D eigenvalue weighted by Gasteiger charge is -2.32. The third-order valence-corrected chi connectivity index (χ3v) is 4.63. The molecule has 5 nitrogen and oxygen atoms in total. The van der Waals surface area contributed by atoms with E-state index in [1.165, 1.54) is 4.88 Å². The molecule has 2 heterocycles. The summed E-state index contributed by atoms with van der Waals surface area (Å²) < 4.78 is 10.8. The Morgan fingerprint density at radius 2 is 2.33 bits per heavy atom. The molecule has 0 amide bonds. The zero-order valence-electron chi connectivity index (χ0n) is 13.5. The van der Waals surface area contributed by atoms with Crippen LogP contribution in [0.2, 0.25) is 0 Å². The van der Waals surface area contributed by atoms with Gasteiger partial charge in [-0.15, -0.1) is 11.3 Å². The first-order chi connectivity index (χ1) is 10.1. The van der Waals surface area contributed by atoms with Crippen LogP contribution in [0, 0.1) is 5.92 Å². The molecule has 1 saturated heterocycles. The molecule has 120 valence electrons. The minimum absolute atomic E-state index is 0.386. The van der Waals surface area contributed by atoms with E-state index in [-0.39, 0.29) is 0 Å². The van der Waals surface area contributed by atoms with Crippen LogP contribution in [0.3, 0.4) is 0 Å². The fourth-order valence-corrected chi connectivity index (χ4v) is 3.53. The van der Waals surface area contributed by atoms with Crippen molar-refractivity contribution < 1.29 is 9.47 Å². The summed E-state index contributed by atoms with van der Waals surface area (Å²) >= 11 is 1.78. The number of nitrogens with zero attached hydrogens (tertiary/aromatic N) is 2. The van der Waals surface area contributed by atoms with Gasteiger partial charge >= 0.3 is 0 Å². The number of hydrogen-bond donors (Lipinski definition) is 1. The van der Waals surface area contributed by atoms with Crippen molar-refractivity contribution in [2.75, 3.05) is 38.3 Å². The number of ether oxygens (including phenoxy) is 2. The standard InChI is InChI=1S/C15H27N3O2S/c1-11(2)7-16-8-14-13(10-19-4)17-15(21-14)18-5-6-20-9-12(18)3/h11-12,16H,5-10H2,1-4H3. The van der Waals surface area contributed by atoms with E-state index in [1.807, 2.05) is 0 Å². The number of morpholine rings is 1. The lowest BCUT2D eigenvalue weighted by molar-refractivity contribution is 0.0988. The molecule has 6 heteroatoms. The number of nitrogens with one attached hydrogen (secondary N) is 1. The molecule has 1 aromatic rings. The smallest absolute Gasteiger partial charge is 0.186 e. The van der Waals surface area contributed by atoms with Crippen LogP contribution in [-0.4, -0.2) is 44.4 Å². The van der Waals surface area contributed by atoms with E-state index in [0.717, 1.165) is 43.7 Å². The lowest BCUT2D eigenvalue weighted by Crippen LogP contribution is -2.43. The molecule has 1 aromatic heterocycles. The summed E-state index contributed by atoms with van der Waals surface area (Å²) in [7, 11) is 1.72. The Bertz CT molecular complexity index is 437. The molecule has 0 radical (unpaired) electrons. The summed E-state index contributed by atoms with van der Waals surface area (Å²) in [6.45, 7) is 11.6. The van der Waals surface area contributed by atoms with E-state index in [4.69, 9.17) is 14.5 Å². The van der Waals surface area contributed by atoms with Gasteiger partial charge in [0.05, 0.1) is 31.6 Å². The molecule has 1 aliphatic heterocycles. The molecule has 0 bridgehead atoms. The Kier molecular flexibility index (Phi) is 6.41. The van der Waals surface area contributed by atoms with Crippen LogP contribution < -0.4 is 10.2 Å². The normalized spacial score (nSPS) is 19.5. The molecular formula is C15H27N3O2S. The predicted octanol–water partition coefficient (Wildman–Crippen LogP) is 2.26. The van der Waals surface area contributed by atoms with E-state index in [9.17, 15) is 0 Å². The number of thiazole rings is 1. The molecule has 0 spiro atoms. The molecule has 1 unspecified atom stereocenters. The largest absolute Gasteiger partial charge is 0.378 e. The third-order valence-electron chi connectivity index (χ3n) is 3.50. The maximum absolute atomic E-state index is 5.51. The molecule has 21 heavy (non-hydrogen) atoms. The van der Waals surface area contributed by atoms with Crippen LogP contribution in [0.4, 0.5) is 5.13 Å². The molecule has 1 fully saturated rings. The highest BCUT2D eigenvalue weighted by Crippen LogP contribution is 2.29. The van der Waals surface area contributed by atoms with E-state index >= 15 is 0 Å². The molecule has 0 aliphatic carbocycles. The van der Waals surface area contributed by atoms with E-state index in [2.05, 4.69) is 31.0 Å². The molecule has 0 aromatic carbocycles. The van der Waals surface area contributed by atoms with Crippen LogP contribution in [-0.2, 0) is 22.6 Å². The van der Waals surface area contributed by atoms with Crippen molar-refractivity contribution in [3.8, 4) is 0 Å². The number of methoxy groups -OCH3 is 1. The van der Waals surface area contributed by atoms with Crippen molar-refractivity contribution in [1.29, 1.82) is 0 Å². The summed E-state index contributed by atoms with van der Waals surface area (Å²) in [5.41, 5.74) is 1.06. The fraction of sp³-hybridized carbons (Fsp3) is 0.800. The Morgan fingerprint density at radius 1 is 1.52 bits per heavy atom. The Labute approximate surface area is 131 Å². The summed E-state index contributed by atoms with van der Waals surface area (Å²) in [6, 6.07) is 0.386. The van der Waals surface area contributed by atoms with Crippen molar-refractivity contribution in [2.45, 2.75) is 40.0 Å². The highest BCUT2D eigenvalue weighted by atomic mass is 32.1. The van der Waals surface area contributed by atoms with Crippen LogP contribution >= 0.6 is 11.3 Å². The molecule has 1 atom stereocenters. The van der Waals surface area contributed by atoms with Gasteiger partial charge < -0.3 is 19.7 Å². The second kappa shape index (κ2) is 8.08.